The first-order valence-corrected chi connectivity index (χ1v) is 5.75. The molecule has 5 nitrogen and oxygen atoms in total. The third-order valence-electron chi connectivity index (χ3n) is 2.63. The Kier molecular flexibility index (Phi) is 4.85. The molecule has 0 bridgehead atoms. The summed E-state index contributed by atoms with van der Waals surface area (Å²) < 4.78 is 0. The van der Waals surface area contributed by atoms with Gasteiger partial charge in [-0.25, -0.2) is 0 Å². The van der Waals surface area contributed by atoms with Crippen LogP contribution in [0.3, 0.4) is 0 Å². The number of nitrogens with one attached hydrogen (secondary N) is 2. The summed E-state index contributed by atoms with van der Waals surface area (Å²) in [4.78, 5) is 24.8. The number of anilines is 1. The fourth-order valence-electron chi connectivity index (χ4n) is 1.34. The Bertz CT molecular complexity index is 426. The minimum atomic E-state index is -0.256. The summed E-state index contributed by atoms with van der Waals surface area (Å²) in [6.45, 7) is 1.78. The van der Waals surface area contributed by atoms with E-state index in [-0.39, 0.29) is 17.9 Å². The van der Waals surface area contributed by atoms with Crippen LogP contribution in [0.4, 0.5) is 5.69 Å². The molecule has 0 aliphatic rings. The summed E-state index contributed by atoms with van der Waals surface area (Å²) >= 11 is 0. The lowest BCUT2D eigenvalue weighted by molar-refractivity contribution is -0.117. The van der Waals surface area contributed by atoms with Gasteiger partial charge in [-0.3, -0.25) is 9.59 Å². The van der Waals surface area contributed by atoms with Crippen molar-refractivity contribution >= 4 is 17.5 Å². The lowest BCUT2D eigenvalue weighted by Crippen LogP contribution is -2.35. The summed E-state index contributed by atoms with van der Waals surface area (Å²) in [5, 5.41) is 5.62. The molecule has 1 aromatic rings. The van der Waals surface area contributed by atoms with Gasteiger partial charge in [-0.1, -0.05) is 0 Å². The topological polar surface area (TPSA) is 61.4 Å². The molecular weight excluding hydrogens is 230 g/mol. The fourth-order valence-corrected chi connectivity index (χ4v) is 1.34. The van der Waals surface area contributed by atoms with E-state index in [0.29, 0.717) is 11.3 Å². The molecule has 0 saturated heterocycles. The second kappa shape index (κ2) is 6.16. The van der Waals surface area contributed by atoms with Crippen molar-refractivity contribution < 1.29 is 9.59 Å². The van der Waals surface area contributed by atoms with Gasteiger partial charge in [-0.05, 0) is 38.2 Å². The van der Waals surface area contributed by atoms with Crippen LogP contribution in [0, 0.1) is 0 Å². The van der Waals surface area contributed by atoms with E-state index in [1.807, 2.05) is 0 Å². The van der Waals surface area contributed by atoms with Gasteiger partial charge in [0.05, 0.1) is 6.04 Å². The number of amides is 2. The van der Waals surface area contributed by atoms with Crippen molar-refractivity contribution in [2.45, 2.75) is 13.0 Å². The highest BCUT2D eigenvalue weighted by Gasteiger charge is 2.11. The Balaban J connectivity index is 2.72. The molecule has 0 heterocycles. The molecule has 2 amide bonds. The smallest absolute Gasteiger partial charge is 0.253 e. The molecule has 0 aliphatic heterocycles. The predicted octanol–water partition coefficient (Wildman–Crippen LogP) is 0.935. The Morgan fingerprint density at radius 2 is 1.72 bits per heavy atom. The molecule has 0 radical (unpaired) electrons. The van der Waals surface area contributed by atoms with Crippen LogP contribution in [0.15, 0.2) is 24.3 Å². The highest BCUT2D eigenvalue weighted by Crippen LogP contribution is 2.11. The van der Waals surface area contributed by atoms with Crippen LogP contribution in [0.5, 0.6) is 0 Å². The summed E-state index contributed by atoms with van der Waals surface area (Å²) in [5.74, 6) is -0.166. The van der Waals surface area contributed by atoms with Crippen molar-refractivity contribution in [2.24, 2.45) is 0 Å². The molecule has 0 saturated carbocycles. The molecule has 0 fully saturated rings. The third kappa shape index (κ3) is 3.56. The number of carbonyl (C=O) groups is 2. The molecule has 18 heavy (non-hydrogen) atoms. The highest BCUT2D eigenvalue weighted by molar-refractivity contribution is 5.96. The van der Waals surface area contributed by atoms with Crippen LogP contribution < -0.4 is 10.6 Å². The lowest BCUT2D eigenvalue weighted by Gasteiger charge is -2.12. The number of benzene rings is 1. The molecule has 0 spiro atoms. The molecule has 5 heteroatoms. The summed E-state index contributed by atoms with van der Waals surface area (Å²) in [7, 11) is 5.13. The molecule has 1 atom stereocenters. The lowest BCUT2D eigenvalue weighted by atomic mass is 10.2. The van der Waals surface area contributed by atoms with E-state index in [9.17, 15) is 9.59 Å². The summed E-state index contributed by atoms with van der Waals surface area (Å²) in [6, 6.07) is 6.57. The maximum atomic E-state index is 11.7. The number of carbonyl (C=O) groups excluding carboxylic acids is 2. The van der Waals surface area contributed by atoms with Crippen molar-refractivity contribution in [3.05, 3.63) is 29.8 Å². The molecule has 2 N–H and O–H groups in total. The average Bonchev–Trinajstić information content (AvgIpc) is 2.37. The van der Waals surface area contributed by atoms with Crippen molar-refractivity contribution in [3.63, 3.8) is 0 Å². The zero-order chi connectivity index (χ0) is 13.7. The first-order chi connectivity index (χ1) is 8.45. The second-order valence-corrected chi connectivity index (χ2v) is 4.28. The number of hydrogen-bond acceptors (Lipinski definition) is 3. The number of nitrogens with zero attached hydrogens (tertiary/aromatic N) is 1. The highest BCUT2D eigenvalue weighted by atomic mass is 16.2. The quantitative estimate of drug-likeness (QED) is 0.834. The molecule has 0 aliphatic carbocycles. The van der Waals surface area contributed by atoms with Crippen molar-refractivity contribution in [1.29, 1.82) is 0 Å². The van der Waals surface area contributed by atoms with Gasteiger partial charge >= 0.3 is 0 Å². The van der Waals surface area contributed by atoms with Gasteiger partial charge < -0.3 is 15.5 Å². The minimum absolute atomic E-state index is 0.0588. The fraction of sp³-hybridized carbons (Fsp3) is 0.385. The van der Waals surface area contributed by atoms with Gasteiger partial charge in [0.15, 0.2) is 0 Å². The van der Waals surface area contributed by atoms with E-state index in [0.717, 1.165) is 0 Å². The molecule has 98 valence electrons. The van der Waals surface area contributed by atoms with Gasteiger partial charge in [-0.2, -0.15) is 0 Å². The van der Waals surface area contributed by atoms with E-state index in [1.165, 1.54) is 4.90 Å². The van der Waals surface area contributed by atoms with Gasteiger partial charge in [-0.15, -0.1) is 0 Å². The van der Waals surface area contributed by atoms with Crippen LogP contribution in [0.1, 0.15) is 17.3 Å². The zero-order valence-corrected chi connectivity index (χ0v) is 11.2. The molecule has 1 unspecified atom stereocenters. The van der Waals surface area contributed by atoms with E-state index >= 15 is 0 Å². The average molecular weight is 249 g/mol. The van der Waals surface area contributed by atoms with Crippen LogP contribution in [-0.2, 0) is 4.79 Å². The Morgan fingerprint density at radius 3 is 2.17 bits per heavy atom. The van der Waals surface area contributed by atoms with E-state index in [4.69, 9.17) is 0 Å². The summed E-state index contributed by atoms with van der Waals surface area (Å²) in [6.07, 6.45) is 0. The second-order valence-electron chi connectivity index (χ2n) is 4.28. The van der Waals surface area contributed by atoms with Crippen LogP contribution in [0.25, 0.3) is 0 Å². The maximum absolute atomic E-state index is 11.7. The van der Waals surface area contributed by atoms with Gasteiger partial charge in [0.2, 0.25) is 5.91 Å². The van der Waals surface area contributed by atoms with Crippen molar-refractivity contribution in [3.8, 4) is 0 Å². The number of rotatable bonds is 4. The maximum Gasteiger partial charge on any atom is 0.253 e. The Morgan fingerprint density at radius 1 is 1.17 bits per heavy atom. The standard InChI is InChI=1S/C13H19N3O2/c1-9(14-2)12(17)15-11-7-5-10(6-8-11)13(18)16(3)4/h5-9,14H,1-4H3,(H,15,17). The predicted molar refractivity (Wildman–Crippen MR) is 71.6 cm³/mol. The third-order valence-corrected chi connectivity index (χ3v) is 2.63. The normalized spacial score (nSPS) is 11.8. The first kappa shape index (κ1) is 14.2. The first-order valence-electron chi connectivity index (χ1n) is 5.75. The Hall–Kier alpha value is -1.88. The zero-order valence-electron chi connectivity index (χ0n) is 11.2. The molecular formula is C13H19N3O2. The number of hydrogen-bond donors (Lipinski definition) is 2. The van der Waals surface area contributed by atoms with Crippen LogP contribution >= 0.6 is 0 Å². The van der Waals surface area contributed by atoms with Crippen molar-refractivity contribution in [2.75, 3.05) is 26.5 Å². The SMILES string of the molecule is CNC(C)C(=O)Nc1ccc(C(=O)N(C)C)cc1. The number of likely N-dealkylation sites (N-methyl/N-ethyl adjacent to an activating group) is 1. The minimum Gasteiger partial charge on any atom is -0.345 e. The van der Waals surface area contributed by atoms with Crippen LogP contribution in [0.2, 0.25) is 0 Å². The monoisotopic (exact) mass is 249 g/mol. The van der Waals surface area contributed by atoms with E-state index < -0.39 is 0 Å². The summed E-state index contributed by atoms with van der Waals surface area (Å²) in [5.41, 5.74) is 1.28. The van der Waals surface area contributed by atoms with E-state index in [1.54, 1.807) is 52.3 Å². The molecule has 0 aromatic heterocycles. The Labute approximate surface area is 107 Å². The van der Waals surface area contributed by atoms with Crippen molar-refractivity contribution in [1.82, 2.24) is 10.2 Å². The van der Waals surface area contributed by atoms with Gasteiger partial charge in [0.1, 0.15) is 0 Å². The molecule has 1 rings (SSSR count). The van der Waals surface area contributed by atoms with Crippen LogP contribution in [-0.4, -0.2) is 43.9 Å². The largest absolute Gasteiger partial charge is 0.345 e. The van der Waals surface area contributed by atoms with E-state index in [2.05, 4.69) is 10.6 Å². The van der Waals surface area contributed by atoms with Gasteiger partial charge in [0.25, 0.3) is 5.91 Å². The van der Waals surface area contributed by atoms with Gasteiger partial charge in [0, 0.05) is 25.3 Å². The molecule has 1 aromatic carbocycles.